The monoisotopic (exact) mass is 338 g/mol. The number of ether oxygens (including phenoxy) is 2. The van der Waals surface area contributed by atoms with Gasteiger partial charge >= 0.3 is 6.61 Å². The first-order chi connectivity index (χ1) is 11.1. The molecule has 0 unspecified atom stereocenters. The molecule has 0 amide bonds. The van der Waals surface area contributed by atoms with Crippen LogP contribution < -0.4 is 20.1 Å². The summed E-state index contributed by atoms with van der Waals surface area (Å²) in [5.41, 5.74) is 1.03. The molecule has 0 aromatic heterocycles. The molecule has 0 heterocycles. The van der Waals surface area contributed by atoms with Gasteiger partial charge in [-0.2, -0.15) is 8.78 Å². The van der Waals surface area contributed by atoms with Crippen molar-refractivity contribution in [3.63, 3.8) is 0 Å². The van der Waals surface area contributed by atoms with E-state index in [9.17, 15) is 8.78 Å². The molecule has 2 aromatic rings. The van der Waals surface area contributed by atoms with E-state index in [-0.39, 0.29) is 10.9 Å². The summed E-state index contributed by atoms with van der Waals surface area (Å²) < 4.78 is 34.8. The zero-order valence-corrected chi connectivity index (χ0v) is 13.2. The molecule has 0 saturated heterocycles. The van der Waals surface area contributed by atoms with Crippen LogP contribution in [-0.4, -0.2) is 18.3 Å². The summed E-state index contributed by atoms with van der Waals surface area (Å²) in [6.45, 7) is -0.506. The second-order valence-electron chi connectivity index (χ2n) is 4.38. The highest BCUT2D eigenvalue weighted by atomic mass is 32.1. The van der Waals surface area contributed by atoms with E-state index in [1.54, 1.807) is 24.3 Å². The predicted octanol–water partition coefficient (Wildman–Crippen LogP) is 4.50. The number of para-hydroxylation sites is 4. The first-order valence-corrected chi connectivity index (χ1v) is 7.34. The van der Waals surface area contributed by atoms with Crippen LogP contribution in [0.3, 0.4) is 0 Å². The number of thiocarbonyl (C=S) groups is 1. The Hall–Kier alpha value is -2.41. The highest BCUT2D eigenvalue weighted by Crippen LogP contribution is 2.27. The molecule has 23 heavy (non-hydrogen) atoms. The molecule has 2 aromatic carbocycles. The minimum Gasteiger partial charge on any atom is -0.492 e. The van der Waals surface area contributed by atoms with Crippen LogP contribution in [0.5, 0.6) is 11.5 Å². The molecule has 0 spiro atoms. The number of alkyl halides is 2. The lowest BCUT2D eigenvalue weighted by molar-refractivity contribution is -0.0493. The highest BCUT2D eigenvalue weighted by molar-refractivity contribution is 7.80. The van der Waals surface area contributed by atoms with Crippen molar-refractivity contribution in [1.82, 2.24) is 0 Å². The van der Waals surface area contributed by atoms with Crippen LogP contribution in [-0.2, 0) is 0 Å². The fraction of sp³-hybridized carbons (Fsp3) is 0.188. The Balaban J connectivity index is 2.09. The van der Waals surface area contributed by atoms with E-state index in [2.05, 4.69) is 15.4 Å². The van der Waals surface area contributed by atoms with E-state index < -0.39 is 6.61 Å². The molecule has 0 saturated carbocycles. The van der Waals surface area contributed by atoms with Crippen LogP contribution in [0, 0.1) is 0 Å². The van der Waals surface area contributed by atoms with Gasteiger partial charge in [0, 0.05) is 0 Å². The Morgan fingerprint density at radius 2 is 1.52 bits per heavy atom. The fourth-order valence-corrected chi connectivity index (χ4v) is 2.12. The molecule has 0 aliphatic heterocycles. The maximum Gasteiger partial charge on any atom is 0.387 e. The maximum atomic E-state index is 12.4. The molecule has 122 valence electrons. The summed E-state index contributed by atoms with van der Waals surface area (Å²) in [6, 6.07) is 13.6. The molecular weight excluding hydrogens is 322 g/mol. The smallest absolute Gasteiger partial charge is 0.387 e. The third-order valence-electron chi connectivity index (χ3n) is 2.79. The normalized spacial score (nSPS) is 10.3. The molecule has 0 aliphatic rings. The fourth-order valence-electron chi connectivity index (χ4n) is 1.90. The zero-order chi connectivity index (χ0) is 16.7. The number of rotatable bonds is 6. The standard InChI is InChI=1S/C16H16F2N2O2S/c1-2-21-13-9-5-3-7-11(13)19-16(23)20-12-8-4-6-10-14(12)22-15(17)18/h3-10,15H,2H2,1H3,(H2,19,20,23). The van der Waals surface area contributed by atoms with Crippen LogP contribution in [0.25, 0.3) is 0 Å². The number of halogens is 2. The van der Waals surface area contributed by atoms with Crippen molar-refractivity contribution >= 4 is 28.7 Å². The minimum absolute atomic E-state index is 0.0183. The van der Waals surface area contributed by atoms with Gasteiger partial charge in [-0.15, -0.1) is 0 Å². The Morgan fingerprint density at radius 1 is 1.00 bits per heavy atom. The van der Waals surface area contributed by atoms with Crippen molar-refractivity contribution in [3.8, 4) is 11.5 Å². The van der Waals surface area contributed by atoms with Gasteiger partial charge in [0.25, 0.3) is 0 Å². The van der Waals surface area contributed by atoms with Gasteiger partial charge in [-0.25, -0.2) is 0 Å². The summed E-state index contributed by atoms with van der Waals surface area (Å²) in [5.74, 6) is 0.668. The SMILES string of the molecule is CCOc1ccccc1NC(=S)Nc1ccccc1OC(F)F. The molecule has 2 N–H and O–H groups in total. The van der Waals surface area contributed by atoms with E-state index in [4.69, 9.17) is 17.0 Å². The lowest BCUT2D eigenvalue weighted by Gasteiger charge is -2.16. The molecule has 7 heteroatoms. The van der Waals surface area contributed by atoms with Gasteiger partial charge < -0.3 is 20.1 Å². The van der Waals surface area contributed by atoms with Gasteiger partial charge in [0.2, 0.25) is 0 Å². The predicted molar refractivity (Wildman–Crippen MR) is 90.5 cm³/mol. The van der Waals surface area contributed by atoms with Gasteiger partial charge in [0.05, 0.1) is 18.0 Å². The van der Waals surface area contributed by atoms with Crippen molar-refractivity contribution in [3.05, 3.63) is 48.5 Å². The quantitative estimate of drug-likeness (QED) is 0.760. The van der Waals surface area contributed by atoms with E-state index in [1.165, 1.54) is 6.07 Å². The van der Waals surface area contributed by atoms with Gasteiger partial charge in [0.15, 0.2) is 5.11 Å². The Labute approximate surface area is 138 Å². The molecule has 2 rings (SSSR count). The molecule has 0 radical (unpaired) electrons. The van der Waals surface area contributed by atoms with Crippen molar-refractivity contribution in [2.45, 2.75) is 13.5 Å². The van der Waals surface area contributed by atoms with Crippen molar-refractivity contribution in [2.24, 2.45) is 0 Å². The largest absolute Gasteiger partial charge is 0.492 e. The number of anilines is 2. The van der Waals surface area contributed by atoms with Gasteiger partial charge in [-0.3, -0.25) is 0 Å². The molecule has 0 aliphatic carbocycles. The molecular formula is C16H16F2N2O2S. The van der Waals surface area contributed by atoms with Gasteiger partial charge in [0.1, 0.15) is 11.5 Å². The molecule has 0 fully saturated rings. The molecule has 4 nitrogen and oxygen atoms in total. The van der Waals surface area contributed by atoms with E-state index in [0.717, 1.165) is 0 Å². The maximum absolute atomic E-state index is 12.4. The topological polar surface area (TPSA) is 42.5 Å². The summed E-state index contributed by atoms with van der Waals surface area (Å²) in [6.07, 6.45) is 0. The van der Waals surface area contributed by atoms with Gasteiger partial charge in [-0.05, 0) is 43.4 Å². The van der Waals surface area contributed by atoms with Crippen molar-refractivity contribution in [1.29, 1.82) is 0 Å². The second-order valence-corrected chi connectivity index (χ2v) is 4.79. The number of benzene rings is 2. The third kappa shape index (κ3) is 5.07. The summed E-state index contributed by atoms with van der Waals surface area (Å²) in [5, 5.41) is 6.06. The number of nitrogens with one attached hydrogen (secondary N) is 2. The number of hydrogen-bond acceptors (Lipinski definition) is 3. The Bertz CT molecular complexity index is 668. The Morgan fingerprint density at radius 3 is 2.09 bits per heavy atom. The Kier molecular flexibility index (Phi) is 6.10. The third-order valence-corrected chi connectivity index (χ3v) is 2.99. The molecule has 0 atom stereocenters. The highest BCUT2D eigenvalue weighted by Gasteiger charge is 2.11. The van der Waals surface area contributed by atoms with Crippen LogP contribution in [0.2, 0.25) is 0 Å². The van der Waals surface area contributed by atoms with Crippen molar-refractivity contribution in [2.75, 3.05) is 17.2 Å². The lowest BCUT2D eigenvalue weighted by atomic mass is 10.3. The van der Waals surface area contributed by atoms with Crippen LogP contribution >= 0.6 is 12.2 Å². The van der Waals surface area contributed by atoms with Crippen LogP contribution in [0.15, 0.2) is 48.5 Å². The lowest BCUT2D eigenvalue weighted by Crippen LogP contribution is -2.20. The molecule has 0 bridgehead atoms. The zero-order valence-electron chi connectivity index (χ0n) is 12.4. The average molecular weight is 338 g/mol. The summed E-state index contributed by atoms with van der Waals surface area (Å²) >= 11 is 5.21. The van der Waals surface area contributed by atoms with E-state index >= 15 is 0 Å². The second kappa shape index (κ2) is 8.28. The first-order valence-electron chi connectivity index (χ1n) is 6.93. The van der Waals surface area contributed by atoms with Crippen molar-refractivity contribution < 1.29 is 18.3 Å². The van der Waals surface area contributed by atoms with Gasteiger partial charge in [-0.1, -0.05) is 24.3 Å². The van der Waals surface area contributed by atoms with Crippen LogP contribution in [0.1, 0.15) is 6.92 Å². The summed E-state index contributed by atoms with van der Waals surface area (Å²) in [4.78, 5) is 0. The average Bonchev–Trinajstić information content (AvgIpc) is 2.51. The van der Waals surface area contributed by atoms with E-state index in [1.807, 2.05) is 25.1 Å². The summed E-state index contributed by atoms with van der Waals surface area (Å²) in [7, 11) is 0. The van der Waals surface area contributed by atoms with Crippen LogP contribution in [0.4, 0.5) is 20.2 Å². The first kappa shape index (κ1) is 17.0. The van der Waals surface area contributed by atoms with E-state index in [0.29, 0.717) is 23.7 Å². The minimum atomic E-state index is -2.90. The number of hydrogen-bond donors (Lipinski definition) is 2.